The van der Waals surface area contributed by atoms with E-state index in [-0.39, 0.29) is 23.1 Å². The lowest BCUT2D eigenvalue weighted by Crippen LogP contribution is -2.31. The summed E-state index contributed by atoms with van der Waals surface area (Å²) in [6, 6.07) is 4.39. The van der Waals surface area contributed by atoms with E-state index in [9.17, 15) is 9.18 Å². The van der Waals surface area contributed by atoms with E-state index in [1.165, 1.54) is 12.1 Å². The molecule has 2 aliphatic rings. The van der Waals surface area contributed by atoms with Crippen LogP contribution in [-0.4, -0.2) is 29.2 Å². The Labute approximate surface area is 121 Å². The van der Waals surface area contributed by atoms with Gasteiger partial charge in [0.25, 0.3) is 0 Å². The van der Waals surface area contributed by atoms with Gasteiger partial charge in [-0.25, -0.2) is 4.39 Å². The lowest BCUT2D eigenvalue weighted by atomic mass is 9.92. The van der Waals surface area contributed by atoms with Gasteiger partial charge in [-0.15, -0.1) is 0 Å². The second-order valence-corrected chi connectivity index (χ2v) is 6.12. The van der Waals surface area contributed by atoms with Crippen LogP contribution in [0, 0.1) is 17.2 Å². The Hall–Kier alpha value is -1.95. The zero-order valence-electron chi connectivity index (χ0n) is 11.6. The highest BCUT2D eigenvalue weighted by Crippen LogP contribution is 2.58. The van der Waals surface area contributed by atoms with Crippen molar-refractivity contribution in [2.75, 3.05) is 18.4 Å². The third-order valence-corrected chi connectivity index (χ3v) is 4.87. The number of amides is 1. The number of benzene rings is 1. The van der Waals surface area contributed by atoms with Gasteiger partial charge in [-0.3, -0.25) is 9.89 Å². The van der Waals surface area contributed by atoms with E-state index in [4.69, 9.17) is 0 Å². The molecule has 1 unspecified atom stereocenters. The molecule has 3 N–H and O–H groups in total. The lowest BCUT2D eigenvalue weighted by molar-refractivity contribution is -0.118. The van der Waals surface area contributed by atoms with Crippen LogP contribution in [0.25, 0.3) is 10.9 Å². The third-order valence-electron chi connectivity index (χ3n) is 4.87. The number of aromatic nitrogens is 2. The van der Waals surface area contributed by atoms with E-state index in [0.29, 0.717) is 11.2 Å². The first-order valence-electron chi connectivity index (χ1n) is 7.33. The number of rotatable bonds is 2. The fourth-order valence-corrected chi connectivity index (χ4v) is 3.48. The maximum atomic E-state index is 13.3. The summed E-state index contributed by atoms with van der Waals surface area (Å²) >= 11 is 0. The van der Waals surface area contributed by atoms with Gasteiger partial charge in [0.05, 0.1) is 5.52 Å². The number of fused-ring (bicyclic) bond motifs is 1. The molecule has 1 saturated heterocycles. The van der Waals surface area contributed by atoms with E-state index < -0.39 is 0 Å². The number of hydrogen-bond acceptors (Lipinski definition) is 3. The van der Waals surface area contributed by atoms with Gasteiger partial charge in [0.15, 0.2) is 5.82 Å². The molecular weight excluding hydrogens is 271 g/mol. The third kappa shape index (κ3) is 2.10. The van der Waals surface area contributed by atoms with Crippen LogP contribution >= 0.6 is 0 Å². The molecule has 1 atom stereocenters. The highest BCUT2D eigenvalue weighted by atomic mass is 19.1. The predicted octanol–water partition coefficient (Wildman–Crippen LogP) is 2.03. The van der Waals surface area contributed by atoms with E-state index >= 15 is 0 Å². The molecule has 2 aromatic rings. The van der Waals surface area contributed by atoms with Gasteiger partial charge < -0.3 is 10.6 Å². The van der Waals surface area contributed by atoms with Crippen molar-refractivity contribution in [1.82, 2.24) is 15.5 Å². The first kappa shape index (κ1) is 12.8. The molecule has 5 nitrogen and oxygen atoms in total. The molecule has 21 heavy (non-hydrogen) atoms. The minimum Gasteiger partial charge on any atom is -0.317 e. The molecule has 1 amide bonds. The number of hydrogen-bond donors (Lipinski definition) is 3. The Balaban J connectivity index is 1.53. The average Bonchev–Trinajstić information content (AvgIpc) is 3.03. The molecular formula is C15H17FN4O. The molecule has 2 fully saturated rings. The number of nitrogens with one attached hydrogen (secondary N) is 3. The molecule has 110 valence electrons. The van der Waals surface area contributed by atoms with Crippen LogP contribution in [0.4, 0.5) is 10.2 Å². The summed E-state index contributed by atoms with van der Waals surface area (Å²) in [5, 5.41) is 13.7. The molecule has 6 heteroatoms. The van der Waals surface area contributed by atoms with Gasteiger partial charge in [-0.1, -0.05) is 0 Å². The van der Waals surface area contributed by atoms with Crippen LogP contribution in [0.2, 0.25) is 0 Å². The molecule has 1 aliphatic carbocycles. The van der Waals surface area contributed by atoms with E-state index in [2.05, 4.69) is 20.8 Å². The number of H-pyrrole nitrogens is 1. The summed E-state index contributed by atoms with van der Waals surface area (Å²) in [7, 11) is 0. The van der Waals surface area contributed by atoms with Gasteiger partial charge >= 0.3 is 0 Å². The van der Waals surface area contributed by atoms with Crippen molar-refractivity contribution in [2.45, 2.75) is 19.3 Å². The Morgan fingerprint density at radius 1 is 1.38 bits per heavy atom. The normalized spacial score (nSPS) is 23.4. The SMILES string of the molecule is O=C(Nc1n[nH]c2ccc(F)cc12)C1CC12CCNCC2. The van der Waals surface area contributed by atoms with Gasteiger partial charge in [-0.2, -0.15) is 5.10 Å². The highest BCUT2D eigenvalue weighted by molar-refractivity contribution is 6.01. The molecule has 1 aliphatic heterocycles. The summed E-state index contributed by atoms with van der Waals surface area (Å²) in [6.07, 6.45) is 3.07. The molecule has 0 bridgehead atoms. The molecule has 1 aromatic heterocycles. The molecule has 0 radical (unpaired) electrons. The molecule has 2 heterocycles. The van der Waals surface area contributed by atoms with Crippen molar-refractivity contribution in [3.63, 3.8) is 0 Å². The Morgan fingerprint density at radius 2 is 2.19 bits per heavy atom. The van der Waals surface area contributed by atoms with Crippen molar-refractivity contribution in [3.8, 4) is 0 Å². The predicted molar refractivity (Wildman–Crippen MR) is 77.3 cm³/mol. The van der Waals surface area contributed by atoms with Crippen LogP contribution in [0.3, 0.4) is 0 Å². The summed E-state index contributed by atoms with van der Waals surface area (Å²) in [5.74, 6) is 0.167. The molecule has 1 saturated carbocycles. The van der Waals surface area contributed by atoms with Crippen LogP contribution in [0.15, 0.2) is 18.2 Å². The Kier molecular flexibility index (Phi) is 2.75. The fourth-order valence-electron chi connectivity index (χ4n) is 3.48. The number of nitrogens with zero attached hydrogens (tertiary/aromatic N) is 1. The number of carbonyl (C=O) groups excluding carboxylic acids is 1. The standard InChI is InChI=1S/C15H17FN4O/c16-9-1-2-12-10(7-9)13(20-19-12)18-14(21)11-8-15(11)3-5-17-6-4-15/h1-2,7,11,17H,3-6,8H2,(H2,18,19,20,21). The van der Waals surface area contributed by atoms with E-state index in [0.717, 1.165) is 37.9 Å². The van der Waals surface area contributed by atoms with Crippen LogP contribution in [-0.2, 0) is 4.79 Å². The van der Waals surface area contributed by atoms with Crippen molar-refractivity contribution < 1.29 is 9.18 Å². The quantitative estimate of drug-likeness (QED) is 0.792. The lowest BCUT2D eigenvalue weighted by Gasteiger charge is -2.23. The number of anilines is 1. The second-order valence-electron chi connectivity index (χ2n) is 6.12. The van der Waals surface area contributed by atoms with Gasteiger partial charge in [0.1, 0.15) is 5.82 Å². The molecule has 1 aromatic carbocycles. The smallest absolute Gasteiger partial charge is 0.229 e. The minimum absolute atomic E-state index is 0.00885. The minimum atomic E-state index is -0.333. The topological polar surface area (TPSA) is 69.8 Å². The number of halogens is 1. The zero-order chi connectivity index (χ0) is 14.4. The molecule has 1 spiro atoms. The van der Waals surface area contributed by atoms with Crippen molar-refractivity contribution >= 4 is 22.6 Å². The van der Waals surface area contributed by atoms with Crippen LogP contribution in [0.5, 0.6) is 0 Å². The second kappa shape index (κ2) is 4.53. The van der Waals surface area contributed by atoms with Crippen molar-refractivity contribution in [1.29, 1.82) is 0 Å². The summed E-state index contributed by atoms with van der Waals surface area (Å²) in [4.78, 5) is 12.4. The Bertz CT molecular complexity index is 705. The largest absolute Gasteiger partial charge is 0.317 e. The summed E-state index contributed by atoms with van der Waals surface area (Å²) in [6.45, 7) is 1.97. The summed E-state index contributed by atoms with van der Waals surface area (Å²) in [5.41, 5.74) is 0.909. The highest BCUT2D eigenvalue weighted by Gasteiger charge is 2.57. The average molecular weight is 288 g/mol. The number of aromatic amines is 1. The summed E-state index contributed by atoms with van der Waals surface area (Å²) < 4.78 is 13.3. The number of piperidine rings is 1. The van der Waals surface area contributed by atoms with E-state index in [1.54, 1.807) is 6.07 Å². The maximum Gasteiger partial charge on any atom is 0.229 e. The monoisotopic (exact) mass is 288 g/mol. The first-order chi connectivity index (χ1) is 10.2. The van der Waals surface area contributed by atoms with E-state index in [1.807, 2.05) is 0 Å². The van der Waals surface area contributed by atoms with Crippen LogP contribution in [0.1, 0.15) is 19.3 Å². The first-order valence-corrected chi connectivity index (χ1v) is 7.33. The fraction of sp³-hybridized carbons (Fsp3) is 0.467. The zero-order valence-corrected chi connectivity index (χ0v) is 11.6. The van der Waals surface area contributed by atoms with Gasteiger partial charge in [0, 0.05) is 11.3 Å². The maximum absolute atomic E-state index is 13.3. The van der Waals surface area contributed by atoms with Gasteiger partial charge in [0.2, 0.25) is 5.91 Å². The van der Waals surface area contributed by atoms with Crippen molar-refractivity contribution in [3.05, 3.63) is 24.0 Å². The molecule has 4 rings (SSSR count). The van der Waals surface area contributed by atoms with Crippen molar-refractivity contribution in [2.24, 2.45) is 11.3 Å². The van der Waals surface area contributed by atoms with Crippen LogP contribution < -0.4 is 10.6 Å². The van der Waals surface area contributed by atoms with Gasteiger partial charge in [-0.05, 0) is 56.0 Å². The Morgan fingerprint density at radius 3 is 3.00 bits per heavy atom. The number of carbonyl (C=O) groups is 1.